The van der Waals surface area contributed by atoms with Gasteiger partial charge >= 0.3 is 5.97 Å². The molecule has 1 aromatic heterocycles. The highest BCUT2D eigenvalue weighted by molar-refractivity contribution is 6.00. The van der Waals surface area contributed by atoms with Crippen LogP contribution in [0.1, 0.15) is 16.1 Å². The first kappa shape index (κ1) is 15.1. The fourth-order valence-electron chi connectivity index (χ4n) is 2.52. The van der Waals surface area contributed by atoms with Gasteiger partial charge in [0.15, 0.2) is 0 Å². The summed E-state index contributed by atoms with van der Waals surface area (Å²) < 4.78 is 18.4. The fourth-order valence-corrected chi connectivity index (χ4v) is 2.52. The highest BCUT2D eigenvalue weighted by atomic mass is 19.1. The molecule has 0 aliphatic heterocycles. The number of hydrogen-bond donors (Lipinski definition) is 1. The van der Waals surface area contributed by atoms with Crippen molar-refractivity contribution in [3.05, 3.63) is 65.6 Å². The SMILES string of the molecule is COC(=O)c1cc2ccccc2c(-c2cc(F)ccc2CO)n1. The van der Waals surface area contributed by atoms with Crippen molar-refractivity contribution in [1.82, 2.24) is 4.98 Å². The third-order valence-corrected chi connectivity index (χ3v) is 3.63. The third kappa shape index (κ3) is 2.78. The van der Waals surface area contributed by atoms with E-state index < -0.39 is 11.8 Å². The monoisotopic (exact) mass is 311 g/mol. The largest absolute Gasteiger partial charge is 0.464 e. The number of esters is 1. The second-order valence-electron chi connectivity index (χ2n) is 5.03. The number of aromatic nitrogens is 1. The quantitative estimate of drug-likeness (QED) is 0.754. The molecule has 1 N–H and O–H groups in total. The van der Waals surface area contributed by atoms with E-state index in [0.29, 0.717) is 16.8 Å². The number of carbonyl (C=O) groups is 1. The summed E-state index contributed by atoms with van der Waals surface area (Å²) in [5.74, 6) is -1.01. The first-order valence-corrected chi connectivity index (χ1v) is 7.02. The van der Waals surface area contributed by atoms with Gasteiger partial charge in [0.2, 0.25) is 0 Å². The highest BCUT2D eigenvalue weighted by Gasteiger charge is 2.16. The molecule has 3 rings (SSSR count). The number of aliphatic hydroxyl groups is 1. The molecule has 23 heavy (non-hydrogen) atoms. The van der Waals surface area contributed by atoms with Gasteiger partial charge in [0.05, 0.1) is 19.4 Å². The summed E-state index contributed by atoms with van der Waals surface area (Å²) in [6.07, 6.45) is 0. The molecule has 0 saturated carbocycles. The van der Waals surface area contributed by atoms with E-state index in [9.17, 15) is 14.3 Å². The molecule has 0 saturated heterocycles. The Morgan fingerprint density at radius 2 is 2.00 bits per heavy atom. The summed E-state index contributed by atoms with van der Waals surface area (Å²) in [7, 11) is 1.28. The van der Waals surface area contributed by atoms with Crippen LogP contribution >= 0.6 is 0 Å². The zero-order valence-electron chi connectivity index (χ0n) is 12.4. The van der Waals surface area contributed by atoms with Gasteiger partial charge in [-0.3, -0.25) is 0 Å². The smallest absolute Gasteiger partial charge is 0.356 e. The van der Waals surface area contributed by atoms with Crippen molar-refractivity contribution >= 4 is 16.7 Å². The minimum Gasteiger partial charge on any atom is -0.464 e. The molecule has 0 fully saturated rings. The van der Waals surface area contributed by atoms with Gasteiger partial charge in [0, 0.05) is 10.9 Å². The molecule has 3 aromatic rings. The Kier molecular flexibility index (Phi) is 4.04. The molecule has 0 amide bonds. The Balaban J connectivity index is 2.36. The van der Waals surface area contributed by atoms with Gasteiger partial charge in [-0.05, 0) is 29.1 Å². The van der Waals surface area contributed by atoms with E-state index in [1.165, 1.54) is 25.3 Å². The maximum absolute atomic E-state index is 13.7. The molecule has 0 atom stereocenters. The topological polar surface area (TPSA) is 59.4 Å². The Labute approximate surface area is 132 Å². The minimum absolute atomic E-state index is 0.134. The van der Waals surface area contributed by atoms with E-state index in [2.05, 4.69) is 4.98 Å². The van der Waals surface area contributed by atoms with Gasteiger partial charge in [0.1, 0.15) is 11.5 Å². The summed E-state index contributed by atoms with van der Waals surface area (Å²) in [5.41, 5.74) is 1.56. The molecule has 1 heterocycles. The van der Waals surface area contributed by atoms with Crippen LogP contribution in [0.4, 0.5) is 4.39 Å². The molecule has 116 valence electrons. The summed E-state index contributed by atoms with van der Waals surface area (Å²) in [4.78, 5) is 16.2. The van der Waals surface area contributed by atoms with Crippen molar-refractivity contribution in [1.29, 1.82) is 0 Å². The third-order valence-electron chi connectivity index (χ3n) is 3.63. The first-order chi connectivity index (χ1) is 11.1. The molecule has 0 radical (unpaired) electrons. The predicted molar refractivity (Wildman–Crippen MR) is 84.4 cm³/mol. The molecule has 0 aliphatic carbocycles. The van der Waals surface area contributed by atoms with E-state index in [1.54, 1.807) is 6.07 Å². The van der Waals surface area contributed by atoms with Crippen molar-refractivity contribution < 1.29 is 19.0 Å². The fraction of sp³-hybridized carbons (Fsp3) is 0.111. The molecule has 5 heteroatoms. The average molecular weight is 311 g/mol. The van der Waals surface area contributed by atoms with E-state index in [0.717, 1.165) is 10.8 Å². The van der Waals surface area contributed by atoms with Crippen molar-refractivity contribution in [2.24, 2.45) is 0 Å². The van der Waals surface area contributed by atoms with Crippen LogP contribution in [0, 0.1) is 5.82 Å². The van der Waals surface area contributed by atoms with Gasteiger partial charge in [-0.25, -0.2) is 14.2 Å². The van der Waals surface area contributed by atoms with Crippen LogP contribution in [0.2, 0.25) is 0 Å². The Bertz CT molecular complexity index is 893. The molecule has 0 bridgehead atoms. The number of pyridine rings is 1. The zero-order valence-corrected chi connectivity index (χ0v) is 12.4. The normalized spacial score (nSPS) is 10.7. The van der Waals surface area contributed by atoms with Crippen molar-refractivity contribution in [2.45, 2.75) is 6.61 Å². The zero-order chi connectivity index (χ0) is 16.4. The minimum atomic E-state index is -0.570. The lowest BCUT2D eigenvalue weighted by molar-refractivity contribution is 0.0594. The Morgan fingerprint density at radius 1 is 1.22 bits per heavy atom. The van der Waals surface area contributed by atoms with Gasteiger partial charge in [0.25, 0.3) is 0 Å². The second kappa shape index (κ2) is 6.14. The number of benzene rings is 2. The number of halogens is 1. The van der Waals surface area contributed by atoms with E-state index >= 15 is 0 Å². The predicted octanol–water partition coefficient (Wildman–Crippen LogP) is 3.32. The summed E-state index contributed by atoms with van der Waals surface area (Å²) in [6, 6.07) is 13.1. The van der Waals surface area contributed by atoms with Crippen LogP contribution in [0.3, 0.4) is 0 Å². The number of aliphatic hydroxyl groups excluding tert-OH is 1. The number of nitrogens with zero attached hydrogens (tertiary/aromatic N) is 1. The maximum Gasteiger partial charge on any atom is 0.356 e. The standard InChI is InChI=1S/C18H14FNO3/c1-23-18(22)16-8-11-4-2-3-5-14(11)17(20-16)15-9-13(19)7-6-12(15)10-21/h2-9,21H,10H2,1H3. The summed E-state index contributed by atoms with van der Waals surface area (Å²) in [5, 5.41) is 11.1. The molecule has 0 spiro atoms. The van der Waals surface area contributed by atoms with Crippen molar-refractivity contribution in [3.8, 4) is 11.3 Å². The van der Waals surface area contributed by atoms with Gasteiger partial charge in [-0.2, -0.15) is 0 Å². The maximum atomic E-state index is 13.7. The van der Waals surface area contributed by atoms with Crippen LogP contribution < -0.4 is 0 Å². The molecule has 4 nitrogen and oxygen atoms in total. The van der Waals surface area contributed by atoms with E-state index in [-0.39, 0.29) is 12.3 Å². The van der Waals surface area contributed by atoms with Crippen molar-refractivity contribution in [3.63, 3.8) is 0 Å². The molecule has 0 unspecified atom stereocenters. The van der Waals surface area contributed by atoms with Gasteiger partial charge in [-0.1, -0.05) is 30.3 Å². The molecular weight excluding hydrogens is 297 g/mol. The van der Waals surface area contributed by atoms with Crippen LogP contribution in [0.15, 0.2) is 48.5 Å². The van der Waals surface area contributed by atoms with Crippen molar-refractivity contribution in [2.75, 3.05) is 7.11 Å². The number of hydrogen-bond acceptors (Lipinski definition) is 4. The lowest BCUT2D eigenvalue weighted by Gasteiger charge is -2.12. The second-order valence-corrected chi connectivity index (χ2v) is 5.03. The van der Waals surface area contributed by atoms with Crippen LogP contribution in [0.25, 0.3) is 22.0 Å². The molecule has 2 aromatic carbocycles. The Hall–Kier alpha value is -2.79. The molecular formula is C18H14FNO3. The highest BCUT2D eigenvalue weighted by Crippen LogP contribution is 2.31. The summed E-state index contributed by atoms with van der Waals surface area (Å²) in [6.45, 7) is -0.256. The number of methoxy groups -OCH3 is 1. The van der Waals surface area contributed by atoms with Crippen LogP contribution in [0.5, 0.6) is 0 Å². The Morgan fingerprint density at radius 3 is 2.74 bits per heavy atom. The molecule has 0 aliphatic rings. The van der Waals surface area contributed by atoms with Gasteiger partial charge in [-0.15, -0.1) is 0 Å². The van der Waals surface area contributed by atoms with Crippen LogP contribution in [-0.2, 0) is 11.3 Å². The van der Waals surface area contributed by atoms with Gasteiger partial charge < -0.3 is 9.84 Å². The average Bonchev–Trinajstić information content (AvgIpc) is 2.60. The lowest BCUT2D eigenvalue weighted by atomic mass is 9.99. The number of fused-ring (bicyclic) bond motifs is 1. The van der Waals surface area contributed by atoms with E-state index in [4.69, 9.17) is 4.74 Å². The van der Waals surface area contributed by atoms with E-state index in [1.807, 2.05) is 24.3 Å². The number of ether oxygens (including phenoxy) is 1. The number of carbonyl (C=O) groups excluding carboxylic acids is 1. The number of rotatable bonds is 3. The first-order valence-electron chi connectivity index (χ1n) is 7.02. The van der Waals surface area contributed by atoms with Crippen LogP contribution in [-0.4, -0.2) is 23.2 Å². The summed E-state index contributed by atoms with van der Waals surface area (Å²) >= 11 is 0. The lowest BCUT2D eigenvalue weighted by Crippen LogP contribution is -2.06.